The fourth-order valence-electron chi connectivity index (χ4n) is 1.95. The van der Waals surface area contributed by atoms with Crippen LogP contribution in [0.3, 0.4) is 0 Å². The molecule has 3 N–H and O–H groups in total. The van der Waals surface area contributed by atoms with Crippen LogP contribution in [0, 0.1) is 5.92 Å². The van der Waals surface area contributed by atoms with E-state index >= 15 is 0 Å². The Morgan fingerprint density at radius 1 is 1.50 bits per heavy atom. The summed E-state index contributed by atoms with van der Waals surface area (Å²) in [4.78, 5) is 15.9. The van der Waals surface area contributed by atoms with Crippen LogP contribution in [0.15, 0.2) is 16.7 Å². The fourth-order valence-corrected chi connectivity index (χ4v) is 2.42. The normalized spacial score (nSPS) is 16.3. The van der Waals surface area contributed by atoms with Crippen LogP contribution < -0.4 is 11.1 Å². The Balaban J connectivity index is 2.05. The summed E-state index contributed by atoms with van der Waals surface area (Å²) in [6, 6.07) is 1.73. The van der Waals surface area contributed by atoms with Gasteiger partial charge in [-0.05, 0) is 34.8 Å². The summed E-state index contributed by atoms with van der Waals surface area (Å²) in [6.45, 7) is 0. The Hall–Kier alpha value is -1.10. The molecule has 0 aromatic carbocycles. The number of carbonyl (C=O) groups excluding carboxylic acids is 1. The van der Waals surface area contributed by atoms with Crippen molar-refractivity contribution >= 4 is 33.3 Å². The molecule has 4 nitrogen and oxygen atoms in total. The number of nitrogen functional groups attached to an aromatic ring is 1. The van der Waals surface area contributed by atoms with Crippen molar-refractivity contribution < 1.29 is 4.79 Å². The van der Waals surface area contributed by atoms with Gasteiger partial charge >= 0.3 is 0 Å². The van der Waals surface area contributed by atoms with Gasteiger partial charge in [-0.15, -0.1) is 0 Å². The number of rotatable bonds is 2. The third-order valence-corrected chi connectivity index (χ3v) is 3.43. The molecule has 16 heavy (non-hydrogen) atoms. The van der Waals surface area contributed by atoms with E-state index in [1.165, 1.54) is 6.20 Å². The molecule has 1 aliphatic rings. The van der Waals surface area contributed by atoms with E-state index in [1.54, 1.807) is 6.07 Å². The van der Waals surface area contributed by atoms with Gasteiger partial charge in [-0.25, -0.2) is 4.98 Å². The molecule has 1 amide bonds. The van der Waals surface area contributed by atoms with Crippen LogP contribution in [0.25, 0.3) is 0 Å². The van der Waals surface area contributed by atoms with Gasteiger partial charge in [-0.3, -0.25) is 4.79 Å². The van der Waals surface area contributed by atoms with Crippen LogP contribution in [0.2, 0.25) is 0 Å². The van der Waals surface area contributed by atoms with Crippen LogP contribution in [0.4, 0.5) is 11.5 Å². The van der Waals surface area contributed by atoms with Crippen molar-refractivity contribution in [2.24, 2.45) is 5.92 Å². The topological polar surface area (TPSA) is 68.0 Å². The fraction of sp³-hybridized carbons (Fsp3) is 0.455. The highest BCUT2D eigenvalue weighted by molar-refractivity contribution is 9.10. The zero-order valence-electron chi connectivity index (χ0n) is 8.87. The number of nitrogens with zero attached hydrogens (tertiary/aromatic N) is 1. The smallest absolute Gasteiger partial charge is 0.228 e. The Morgan fingerprint density at radius 2 is 2.19 bits per heavy atom. The van der Waals surface area contributed by atoms with E-state index in [2.05, 4.69) is 26.2 Å². The summed E-state index contributed by atoms with van der Waals surface area (Å²) in [5, 5.41) is 2.83. The lowest BCUT2D eigenvalue weighted by Gasteiger charge is -2.10. The van der Waals surface area contributed by atoms with Gasteiger partial charge in [0.25, 0.3) is 0 Å². The summed E-state index contributed by atoms with van der Waals surface area (Å²) in [7, 11) is 0. The lowest BCUT2D eigenvalue weighted by Crippen LogP contribution is -2.21. The maximum absolute atomic E-state index is 11.8. The Bertz CT molecular complexity index is 402. The number of nitrogens with one attached hydrogen (secondary N) is 1. The molecule has 1 aromatic rings. The first-order valence-electron chi connectivity index (χ1n) is 5.38. The molecule has 1 aromatic heterocycles. The molecule has 2 rings (SSSR count). The average Bonchev–Trinajstić information content (AvgIpc) is 2.75. The minimum atomic E-state index is 0.0653. The molecule has 0 bridgehead atoms. The highest BCUT2D eigenvalue weighted by atomic mass is 79.9. The highest BCUT2D eigenvalue weighted by Gasteiger charge is 2.23. The van der Waals surface area contributed by atoms with Gasteiger partial charge in [0.05, 0.1) is 16.4 Å². The molecular formula is C11H14BrN3O. The first-order valence-corrected chi connectivity index (χ1v) is 6.18. The van der Waals surface area contributed by atoms with E-state index in [9.17, 15) is 4.79 Å². The van der Waals surface area contributed by atoms with Gasteiger partial charge < -0.3 is 11.1 Å². The van der Waals surface area contributed by atoms with Gasteiger partial charge in [0.15, 0.2) is 0 Å². The van der Waals surface area contributed by atoms with E-state index in [0.717, 1.165) is 30.2 Å². The average molecular weight is 284 g/mol. The number of aromatic nitrogens is 1. The monoisotopic (exact) mass is 283 g/mol. The molecule has 5 heteroatoms. The molecule has 0 aliphatic heterocycles. The number of hydrogen-bond acceptors (Lipinski definition) is 3. The number of hydrogen-bond donors (Lipinski definition) is 2. The minimum absolute atomic E-state index is 0.0653. The summed E-state index contributed by atoms with van der Waals surface area (Å²) in [6.07, 6.45) is 5.80. The molecular weight excluding hydrogens is 270 g/mol. The molecule has 0 atom stereocenters. The molecule has 1 heterocycles. The van der Waals surface area contributed by atoms with Crippen molar-refractivity contribution in [3.63, 3.8) is 0 Å². The second-order valence-corrected chi connectivity index (χ2v) is 4.92. The van der Waals surface area contributed by atoms with Crippen molar-refractivity contribution in [3.8, 4) is 0 Å². The van der Waals surface area contributed by atoms with Gasteiger partial charge in [0.1, 0.15) is 5.82 Å². The predicted molar refractivity (Wildman–Crippen MR) is 66.9 cm³/mol. The van der Waals surface area contributed by atoms with Gasteiger partial charge in [0, 0.05) is 5.92 Å². The Kier molecular flexibility index (Phi) is 3.43. The Morgan fingerprint density at radius 3 is 2.81 bits per heavy atom. The van der Waals surface area contributed by atoms with Crippen molar-refractivity contribution in [2.75, 3.05) is 11.1 Å². The van der Waals surface area contributed by atoms with Crippen molar-refractivity contribution in [1.82, 2.24) is 4.98 Å². The lowest BCUT2D eigenvalue weighted by molar-refractivity contribution is -0.119. The zero-order valence-corrected chi connectivity index (χ0v) is 10.5. The number of amides is 1. The third kappa shape index (κ3) is 2.52. The van der Waals surface area contributed by atoms with E-state index in [1.807, 2.05) is 0 Å². The van der Waals surface area contributed by atoms with E-state index in [-0.39, 0.29) is 11.8 Å². The third-order valence-electron chi connectivity index (χ3n) is 2.83. The minimum Gasteiger partial charge on any atom is -0.397 e. The summed E-state index contributed by atoms with van der Waals surface area (Å²) in [5.41, 5.74) is 6.15. The van der Waals surface area contributed by atoms with Crippen LogP contribution in [0.1, 0.15) is 25.7 Å². The number of pyridine rings is 1. The summed E-state index contributed by atoms with van der Waals surface area (Å²) < 4.78 is 0.721. The second kappa shape index (κ2) is 4.82. The molecule has 1 fully saturated rings. The first kappa shape index (κ1) is 11.4. The highest BCUT2D eigenvalue weighted by Crippen LogP contribution is 2.27. The summed E-state index contributed by atoms with van der Waals surface area (Å²) >= 11 is 3.33. The lowest BCUT2D eigenvalue weighted by atomic mass is 10.1. The van der Waals surface area contributed by atoms with Crippen molar-refractivity contribution in [2.45, 2.75) is 25.7 Å². The molecule has 0 spiro atoms. The quantitative estimate of drug-likeness (QED) is 0.877. The molecule has 86 valence electrons. The van der Waals surface area contributed by atoms with Crippen LogP contribution in [0.5, 0.6) is 0 Å². The predicted octanol–water partition coefficient (Wildman–Crippen LogP) is 2.56. The van der Waals surface area contributed by atoms with E-state index < -0.39 is 0 Å². The zero-order chi connectivity index (χ0) is 11.5. The molecule has 0 saturated heterocycles. The van der Waals surface area contributed by atoms with Gasteiger partial charge in [-0.1, -0.05) is 12.8 Å². The number of carbonyl (C=O) groups is 1. The standard InChI is InChI=1S/C11H14BrN3O/c12-9-5-8(13)6-14-10(9)15-11(16)7-3-1-2-4-7/h5-7H,1-4,13H2,(H,14,15,16). The Labute approximate surface area is 103 Å². The second-order valence-electron chi connectivity index (χ2n) is 4.07. The number of nitrogens with two attached hydrogens (primary N) is 1. The largest absolute Gasteiger partial charge is 0.397 e. The number of halogens is 1. The van der Waals surface area contributed by atoms with Gasteiger partial charge in [-0.2, -0.15) is 0 Å². The maximum Gasteiger partial charge on any atom is 0.228 e. The SMILES string of the molecule is Nc1cnc(NC(=O)C2CCCC2)c(Br)c1. The number of anilines is 2. The molecule has 1 aliphatic carbocycles. The molecule has 1 saturated carbocycles. The maximum atomic E-state index is 11.8. The van der Waals surface area contributed by atoms with E-state index in [0.29, 0.717) is 11.5 Å². The van der Waals surface area contributed by atoms with Crippen LogP contribution in [-0.2, 0) is 4.79 Å². The van der Waals surface area contributed by atoms with Crippen molar-refractivity contribution in [3.05, 3.63) is 16.7 Å². The van der Waals surface area contributed by atoms with Crippen LogP contribution in [-0.4, -0.2) is 10.9 Å². The van der Waals surface area contributed by atoms with Gasteiger partial charge in [0.2, 0.25) is 5.91 Å². The van der Waals surface area contributed by atoms with Crippen molar-refractivity contribution in [1.29, 1.82) is 0 Å². The summed E-state index contributed by atoms with van der Waals surface area (Å²) in [5.74, 6) is 0.757. The molecule has 0 unspecified atom stereocenters. The molecule has 0 radical (unpaired) electrons. The first-order chi connectivity index (χ1) is 7.66. The van der Waals surface area contributed by atoms with Crippen LogP contribution >= 0.6 is 15.9 Å². The van der Waals surface area contributed by atoms with E-state index in [4.69, 9.17) is 5.73 Å².